The fraction of sp³-hybridized carbons (Fsp3) is 0.644. The third-order valence-corrected chi connectivity index (χ3v) is 15.6. The van der Waals surface area contributed by atoms with Crippen LogP contribution in [0.5, 0.6) is 0 Å². The zero-order valence-corrected chi connectivity index (χ0v) is 31.9. The molecule has 10 bridgehead atoms. The maximum Gasteiger partial charge on any atom is 0.339 e. The Labute approximate surface area is 314 Å². The van der Waals surface area contributed by atoms with Gasteiger partial charge >= 0.3 is 11.9 Å². The van der Waals surface area contributed by atoms with E-state index >= 15 is 4.79 Å². The summed E-state index contributed by atoms with van der Waals surface area (Å²) < 4.78 is 13.5. The first-order valence-electron chi connectivity index (χ1n) is 21.1. The van der Waals surface area contributed by atoms with E-state index in [1.54, 1.807) is 0 Å². The first-order chi connectivity index (χ1) is 25.7. The minimum atomic E-state index is -1.11. The Morgan fingerprint density at radius 3 is 2.72 bits per heavy atom. The molecule has 8 heteroatoms. The molecule has 3 N–H and O–H groups in total. The van der Waals surface area contributed by atoms with Crippen molar-refractivity contribution < 1.29 is 24.2 Å². The lowest BCUT2D eigenvalue weighted by Gasteiger charge is -2.69. The summed E-state index contributed by atoms with van der Waals surface area (Å²) in [5.74, 6) is 1.55. The highest BCUT2D eigenvalue weighted by Crippen LogP contribution is 2.85. The summed E-state index contributed by atoms with van der Waals surface area (Å²) in [5.41, 5.74) is 9.60. The molecule has 3 aliphatic carbocycles. The minimum absolute atomic E-state index is 0.128. The second kappa shape index (κ2) is 12.1. The summed E-state index contributed by atoms with van der Waals surface area (Å²) >= 11 is 0. The van der Waals surface area contributed by atoms with E-state index in [2.05, 4.69) is 54.9 Å². The summed E-state index contributed by atoms with van der Waals surface area (Å²) in [6.07, 6.45) is 17.5. The van der Waals surface area contributed by atoms with Crippen LogP contribution < -0.4 is 5.73 Å². The molecule has 0 amide bonds. The van der Waals surface area contributed by atoms with Gasteiger partial charge in [0.1, 0.15) is 11.2 Å². The van der Waals surface area contributed by atoms with Crippen molar-refractivity contribution in [1.29, 1.82) is 0 Å². The number of hydrogen-bond acceptors (Lipinski definition) is 8. The molecule has 8 nitrogen and oxygen atoms in total. The van der Waals surface area contributed by atoms with Crippen LogP contribution in [0.2, 0.25) is 0 Å². The lowest BCUT2D eigenvalue weighted by molar-refractivity contribution is -0.272. The molecule has 3 saturated heterocycles. The molecule has 9 heterocycles. The molecular formula is C45H57N3O5. The predicted octanol–water partition coefficient (Wildman–Crippen LogP) is 7.46. The van der Waals surface area contributed by atoms with Gasteiger partial charge in [-0.2, -0.15) is 0 Å². The number of ether oxygens (including phenoxy) is 2. The van der Waals surface area contributed by atoms with Crippen LogP contribution in [0.4, 0.5) is 0 Å². The Kier molecular flexibility index (Phi) is 7.78. The molecule has 53 heavy (non-hydrogen) atoms. The molecule has 0 radical (unpaired) electrons. The first kappa shape index (κ1) is 34.2. The maximum absolute atomic E-state index is 15.1. The Balaban J connectivity index is 1.23. The number of aryl methyl sites for hydroxylation is 1. The minimum Gasteiger partial charge on any atom is -0.509 e. The highest BCUT2D eigenvalue weighted by molar-refractivity contribution is 5.99. The Bertz CT molecular complexity index is 1890. The molecule has 1 aromatic carbocycles. The normalized spacial score (nSPS) is 42.9. The van der Waals surface area contributed by atoms with Crippen LogP contribution in [0.15, 0.2) is 64.8 Å². The summed E-state index contributed by atoms with van der Waals surface area (Å²) in [7, 11) is 0. The highest BCUT2D eigenvalue weighted by Gasteiger charge is 2.91. The van der Waals surface area contributed by atoms with Gasteiger partial charge in [-0.3, -0.25) is 9.69 Å². The first-order valence-corrected chi connectivity index (χ1v) is 21.1. The second-order valence-corrected chi connectivity index (χ2v) is 18.3. The molecule has 1 saturated carbocycles. The molecule has 282 valence electrons. The molecule has 1 aromatic rings. The molecular weight excluding hydrogens is 663 g/mol. The van der Waals surface area contributed by atoms with Crippen LogP contribution in [0.25, 0.3) is 0 Å². The number of rotatable bonds is 7. The van der Waals surface area contributed by atoms with Gasteiger partial charge in [0.15, 0.2) is 11.4 Å². The molecule has 13 rings (SSSR count). The SMILES string of the molecule is CCC[C@H]1C/C(O)=C2/OC(=O)[C@@]34C=C(CC[C@@]23[C@]2(OC(=O)c3c(CCCN)cccc32)[C@H]4CCC)[C@H]2C[C@@H](C)CC3=C2N2C[C@H]4C[C@H](CN1C4)[C@@H]2C=C3. The number of carbonyl (C=O) groups excluding carboxylic acids is 2. The zero-order valence-electron chi connectivity index (χ0n) is 31.9. The lowest BCUT2D eigenvalue weighted by atomic mass is 9.31. The van der Waals surface area contributed by atoms with Crippen LogP contribution in [0, 0.1) is 40.4 Å². The van der Waals surface area contributed by atoms with Gasteiger partial charge in [0.2, 0.25) is 0 Å². The third kappa shape index (κ3) is 4.26. The second-order valence-electron chi connectivity index (χ2n) is 18.3. The van der Waals surface area contributed by atoms with E-state index in [0.29, 0.717) is 67.3 Å². The molecule has 1 unspecified atom stereocenters. The Morgan fingerprint density at radius 2 is 1.91 bits per heavy atom. The smallest absolute Gasteiger partial charge is 0.339 e. The zero-order chi connectivity index (χ0) is 36.4. The van der Waals surface area contributed by atoms with E-state index in [-0.39, 0.29) is 35.6 Å². The van der Waals surface area contributed by atoms with Gasteiger partial charge in [-0.05, 0) is 93.2 Å². The molecule has 2 spiro atoms. The van der Waals surface area contributed by atoms with Gasteiger partial charge in [-0.1, -0.05) is 75.6 Å². The number of nitrogens with zero attached hydrogens (tertiary/aromatic N) is 2. The van der Waals surface area contributed by atoms with Gasteiger partial charge in [0.25, 0.3) is 0 Å². The molecule has 0 aromatic heterocycles. The predicted molar refractivity (Wildman–Crippen MR) is 202 cm³/mol. The standard InChI is InChI=1S/C45H57N3O5/c1-4-8-32-21-36(49)40-44-16-15-30(33-19-26(3)18-29-13-14-35-31-20-27(23-47(32)25-31)24-48(35)39(29)33)22-43(44,42(51)52-40)37(9-5-2)45(44)34-12-6-10-28(11-7-17-46)38(34)41(50)53-45/h6,10,12-14,22,26-27,31-33,35,37,49H,4-5,7-9,11,15-21,23-25,46H2,1-3H3/b40-36-/t26-,27-,31+,32-,33+,35-,37-,43-,44+,45+/m0/s1. The largest absolute Gasteiger partial charge is 0.509 e. The number of fused-ring (bicyclic) bond motifs is 2. The van der Waals surface area contributed by atoms with Gasteiger partial charge in [0, 0.05) is 55.2 Å². The van der Waals surface area contributed by atoms with Crippen LogP contribution >= 0.6 is 0 Å². The number of carbonyl (C=O) groups is 2. The van der Waals surface area contributed by atoms with Crippen LogP contribution in [-0.4, -0.2) is 65.1 Å². The fourth-order valence-corrected chi connectivity index (χ4v) is 13.9. The molecule has 9 aliphatic heterocycles. The van der Waals surface area contributed by atoms with Gasteiger partial charge in [0.05, 0.1) is 17.0 Å². The van der Waals surface area contributed by atoms with Crippen molar-refractivity contribution in [3.8, 4) is 0 Å². The maximum atomic E-state index is 15.1. The summed E-state index contributed by atoms with van der Waals surface area (Å²) in [6.45, 7) is 10.4. The average Bonchev–Trinajstić information content (AvgIpc) is 3.60. The quantitative estimate of drug-likeness (QED) is 0.221. The third-order valence-electron chi connectivity index (χ3n) is 15.6. The molecule has 12 aliphatic rings. The van der Waals surface area contributed by atoms with E-state index in [1.165, 1.54) is 23.3 Å². The average molecular weight is 720 g/mol. The van der Waals surface area contributed by atoms with E-state index in [9.17, 15) is 9.90 Å². The van der Waals surface area contributed by atoms with E-state index in [0.717, 1.165) is 75.7 Å². The van der Waals surface area contributed by atoms with Crippen LogP contribution in [0.3, 0.4) is 0 Å². The van der Waals surface area contributed by atoms with Crippen molar-refractivity contribution in [2.24, 2.45) is 46.2 Å². The van der Waals surface area contributed by atoms with Crippen molar-refractivity contribution in [1.82, 2.24) is 9.80 Å². The monoisotopic (exact) mass is 719 g/mol. The van der Waals surface area contributed by atoms with Crippen LogP contribution in [0.1, 0.15) is 113 Å². The number of piperidine rings is 2. The Morgan fingerprint density at radius 1 is 1.06 bits per heavy atom. The van der Waals surface area contributed by atoms with Crippen molar-refractivity contribution in [3.63, 3.8) is 0 Å². The summed E-state index contributed by atoms with van der Waals surface area (Å²) in [5, 5.41) is 12.6. The topological polar surface area (TPSA) is 105 Å². The summed E-state index contributed by atoms with van der Waals surface area (Å²) in [4.78, 5) is 34.9. The van der Waals surface area contributed by atoms with Gasteiger partial charge in [-0.15, -0.1) is 0 Å². The number of benzene rings is 1. The Hall–Kier alpha value is -3.36. The number of aliphatic hydroxyl groups is 1. The highest BCUT2D eigenvalue weighted by atomic mass is 16.6. The fourth-order valence-electron chi connectivity index (χ4n) is 13.9. The molecule has 11 atom stereocenters. The number of nitrogens with two attached hydrogens (primary N) is 1. The van der Waals surface area contributed by atoms with Crippen molar-refractivity contribution in [3.05, 3.63) is 81.5 Å². The number of esters is 2. The van der Waals surface area contributed by atoms with E-state index < -0.39 is 16.4 Å². The van der Waals surface area contributed by atoms with E-state index in [4.69, 9.17) is 15.2 Å². The van der Waals surface area contributed by atoms with Crippen molar-refractivity contribution in [2.75, 3.05) is 26.2 Å². The van der Waals surface area contributed by atoms with Crippen molar-refractivity contribution >= 4 is 11.9 Å². The number of hydrogen-bond donors (Lipinski definition) is 2. The molecule has 4 fully saturated rings. The van der Waals surface area contributed by atoms with Crippen LogP contribution in [-0.2, 0) is 26.3 Å². The lowest BCUT2D eigenvalue weighted by Crippen LogP contribution is -2.75. The summed E-state index contributed by atoms with van der Waals surface area (Å²) in [6, 6.07) is 6.65. The number of aliphatic hydroxyl groups excluding tert-OH is 1. The number of allylic oxidation sites excluding steroid dienone is 3. The van der Waals surface area contributed by atoms with E-state index in [1.807, 2.05) is 12.1 Å². The van der Waals surface area contributed by atoms with Gasteiger partial charge < -0.3 is 25.2 Å². The van der Waals surface area contributed by atoms with Crippen molar-refractivity contribution in [2.45, 2.75) is 116 Å². The van der Waals surface area contributed by atoms with Gasteiger partial charge in [-0.25, -0.2) is 4.79 Å².